The van der Waals surface area contributed by atoms with E-state index in [0.717, 1.165) is 30.4 Å². The number of Topliss-reactive ketones (excluding diaryl/α,β-unsaturated/α-hetero) is 2. The third kappa shape index (κ3) is 10.1. The average Bonchev–Trinajstić information content (AvgIpc) is 3.79. The molecule has 59 heavy (non-hydrogen) atoms. The van der Waals surface area contributed by atoms with Crippen LogP contribution in [0.5, 0.6) is 0 Å². The summed E-state index contributed by atoms with van der Waals surface area (Å²) in [6, 6.07) is 0. The van der Waals surface area contributed by atoms with Gasteiger partial charge in [-0.25, -0.2) is 0 Å². The Morgan fingerprint density at radius 1 is 0.763 bits per heavy atom. The van der Waals surface area contributed by atoms with Gasteiger partial charge in [-0.15, -0.1) is 0 Å². The van der Waals surface area contributed by atoms with Crippen LogP contribution in [0.15, 0.2) is 24.3 Å². The first kappa shape index (κ1) is 45.7. The Morgan fingerprint density at radius 3 is 2.19 bits per heavy atom. The minimum Gasteiger partial charge on any atom is -0.409 e. The molecule has 0 aromatic carbocycles. The molecule has 18 atom stereocenters. The number of fused-ring (bicyclic) bond motifs is 7. The molecule has 7 fully saturated rings. The van der Waals surface area contributed by atoms with Crippen LogP contribution in [0.1, 0.15) is 118 Å². The third-order valence-electron chi connectivity index (χ3n) is 15.5. The number of ether oxygens (including phenoxy) is 6. The summed E-state index contributed by atoms with van der Waals surface area (Å²) in [5.74, 6) is 0.195. The normalized spacial score (nSPS) is 44.7. The SMILES string of the molecule is C=C1C2C[C@@H]3O[C@H](C[C@H](O)CO)[C@H](C)[C@H]3CC(=O)CC3CC[C@@H]4O[C@@H]5[C@@H](OC(CC(=O)CC[C@H]6CC(=C)[C@H](CCC(C[C@H]1C)O2)O6)[C@@H]5O[Si](C)(C)C(C)(C)C)[C@@H](O)[C@H]4O3. The summed E-state index contributed by atoms with van der Waals surface area (Å²) in [7, 11) is -2.35. The second-order valence-electron chi connectivity index (χ2n) is 20.8. The number of aliphatic hydroxyl groups is 3. The van der Waals surface area contributed by atoms with Gasteiger partial charge in [-0.1, -0.05) is 47.8 Å². The molecule has 0 radical (unpaired) electrons. The number of rotatable bonds is 5. The maximum atomic E-state index is 14.0. The van der Waals surface area contributed by atoms with Crippen LogP contribution in [0, 0.1) is 17.8 Å². The van der Waals surface area contributed by atoms with E-state index in [1.165, 1.54) is 0 Å². The Balaban J connectivity index is 1.13. The third-order valence-corrected chi connectivity index (χ3v) is 20.0. The van der Waals surface area contributed by atoms with Crippen molar-refractivity contribution in [1.82, 2.24) is 0 Å². The van der Waals surface area contributed by atoms with E-state index in [1.807, 2.05) is 0 Å². The molecule has 7 aliphatic heterocycles. The van der Waals surface area contributed by atoms with Crippen LogP contribution in [0.4, 0.5) is 0 Å². The molecule has 4 unspecified atom stereocenters. The predicted molar refractivity (Wildman–Crippen MR) is 223 cm³/mol. The molecule has 0 aromatic heterocycles. The molecule has 0 aliphatic carbocycles. The van der Waals surface area contributed by atoms with Crippen LogP contribution >= 0.6 is 0 Å². The fourth-order valence-corrected chi connectivity index (χ4v) is 12.1. The highest BCUT2D eigenvalue weighted by molar-refractivity contribution is 6.74. The maximum Gasteiger partial charge on any atom is 0.192 e. The molecule has 7 aliphatic rings. The Hall–Kier alpha value is -1.36. The number of carbonyl (C=O) groups excluding carboxylic acids is 2. The van der Waals surface area contributed by atoms with Crippen molar-refractivity contribution >= 4 is 19.9 Å². The molecule has 7 saturated heterocycles. The first-order chi connectivity index (χ1) is 27.8. The fraction of sp³-hybridized carbons (Fsp3) is 0.870. The van der Waals surface area contributed by atoms with E-state index in [0.29, 0.717) is 38.5 Å². The molecule has 12 nitrogen and oxygen atoms in total. The van der Waals surface area contributed by atoms with Crippen molar-refractivity contribution in [3.8, 4) is 0 Å². The summed E-state index contributed by atoms with van der Waals surface area (Å²) in [4.78, 5) is 27.8. The lowest BCUT2D eigenvalue weighted by molar-refractivity contribution is -0.258. The van der Waals surface area contributed by atoms with Crippen LogP contribution in [-0.2, 0) is 42.4 Å². The second-order valence-corrected chi connectivity index (χ2v) is 25.6. The van der Waals surface area contributed by atoms with Crippen LogP contribution in [0.25, 0.3) is 0 Å². The van der Waals surface area contributed by atoms with E-state index in [9.17, 15) is 24.9 Å². The molecule has 0 aromatic rings. The average molecular weight is 847 g/mol. The molecule has 13 heteroatoms. The molecule has 0 amide bonds. The van der Waals surface area contributed by atoms with Crippen molar-refractivity contribution < 1.29 is 57.8 Å². The van der Waals surface area contributed by atoms with E-state index in [1.54, 1.807) is 0 Å². The first-order valence-corrected chi connectivity index (χ1v) is 25.7. The quantitative estimate of drug-likeness (QED) is 0.222. The van der Waals surface area contributed by atoms with Gasteiger partial charge in [0.15, 0.2) is 8.32 Å². The van der Waals surface area contributed by atoms with Gasteiger partial charge in [0, 0.05) is 38.5 Å². The van der Waals surface area contributed by atoms with Gasteiger partial charge in [0.05, 0.1) is 67.6 Å². The number of ketones is 2. The lowest BCUT2D eigenvalue weighted by Crippen LogP contribution is -2.62. The number of hydrogen-bond donors (Lipinski definition) is 3. The van der Waals surface area contributed by atoms with Crippen LogP contribution in [0.3, 0.4) is 0 Å². The topological polar surface area (TPSA) is 159 Å². The Morgan fingerprint density at radius 2 is 1.46 bits per heavy atom. The fourth-order valence-electron chi connectivity index (χ4n) is 10.8. The lowest BCUT2D eigenvalue weighted by atomic mass is 9.79. The van der Waals surface area contributed by atoms with Gasteiger partial charge >= 0.3 is 0 Å². The highest BCUT2D eigenvalue weighted by Crippen LogP contribution is 2.47. The largest absolute Gasteiger partial charge is 0.409 e. The summed E-state index contributed by atoms with van der Waals surface area (Å²) < 4.78 is 46.9. The van der Waals surface area contributed by atoms with Gasteiger partial charge in [-0.3, -0.25) is 9.59 Å². The van der Waals surface area contributed by atoms with Gasteiger partial charge in [0.2, 0.25) is 0 Å². The molecule has 7 heterocycles. The lowest BCUT2D eigenvalue weighted by Gasteiger charge is -2.47. The zero-order valence-electron chi connectivity index (χ0n) is 36.7. The molecule has 334 valence electrons. The monoisotopic (exact) mass is 846 g/mol. The van der Waals surface area contributed by atoms with Gasteiger partial charge in [-0.05, 0) is 92.0 Å². The van der Waals surface area contributed by atoms with Crippen molar-refractivity contribution in [3.05, 3.63) is 24.3 Å². The van der Waals surface area contributed by atoms with Crippen molar-refractivity contribution in [3.63, 3.8) is 0 Å². The second kappa shape index (κ2) is 18.4. The summed E-state index contributed by atoms with van der Waals surface area (Å²) in [5, 5.41) is 32.0. The number of carbonyl (C=O) groups is 2. The van der Waals surface area contributed by atoms with E-state index >= 15 is 0 Å². The number of aliphatic hydroxyl groups excluding tert-OH is 3. The van der Waals surface area contributed by atoms with Gasteiger partial charge in [0.1, 0.15) is 42.1 Å². The van der Waals surface area contributed by atoms with Gasteiger partial charge in [-0.2, -0.15) is 0 Å². The van der Waals surface area contributed by atoms with Crippen molar-refractivity contribution in [2.24, 2.45) is 17.8 Å². The highest BCUT2D eigenvalue weighted by Gasteiger charge is 2.59. The van der Waals surface area contributed by atoms with Crippen molar-refractivity contribution in [1.29, 1.82) is 0 Å². The minimum absolute atomic E-state index is 0.00316. The van der Waals surface area contributed by atoms with Crippen LogP contribution in [-0.4, -0.2) is 133 Å². The minimum atomic E-state index is -2.35. The van der Waals surface area contributed by atoms with Gasteiger partial charge < -0.3 is 48.2 Å². The van der Waals surface area contributed by atoms with E-state index in [4.69, 9.17) is 32.8 Å². The van der Waals surface area contributed by atoms with Crippen molar-refractivity contribution in [2.75, 3.05) is 6.61 Å². The summed E-state index contributed by atoms with van der Waals surface area (Å²) in [6.07, 6.45) is -0.122. The summed E-state index contributed by atoms with van der Waals surface area (Å²) in [6.45, 7) is 23.7. The molecular formula is C46H74O12Si. The highest BCUT2D eigenvalue weighted by atomic mass is 28.4. The Bertz CT molecular complexity index is 1530. The zero-order chi connectivity index (χ0) is 42.6. The maximum absolute atomic E-state index is 14.0. The van der Waals surface area contributed by atoms with Crippen molar-refractivity contribution in [2.45, 2.75) is 228 Å². The summed E-state index contributed by atoms with van der Waals surface area (Å²) >= 11 is 0. The standard InChI is InChI=1S/C46H74O12Si/c1-24-16-32-12-14-35-25(2)17-31(52-35)11-10-28(48)20-40-43(58-59(8,9)46(5,6)7)45-44(57-40)41(51)42-36(56-45)15-13-33(54-42)18-29(49)19-34-27(4)37(21-30(50)23-47)55-39(34)22-38(53-32)26(24)3/h24,27,30-45,47,50-51H,2-3,10-23H2,1,4-9H3/t24-,27-,30+,31+,32?,33?,34-,35+,36+,37-,38?,39+,40?,41+,42+,43+,44+,45+/m1/s1. The Labute approximate surface area is 353 Å². The van der Waals surface area contributed by atoms with E-state index in [-0.39, 0.29) is 103 Å². The van der Waals surface area contributed by atoms with E-state index < -0.39 is 63.3 Å². The smallest absolute Gasteiger partial charge is 0.192 e. The predicted octanol–water partition coefficient (Wildman–Crippen LogP) is 5.92. The molecule has 8 bridgehead atoms. The molecule has 7 rings (SSSR count). The zero-order valence-corrected chi connectivity index (χ0v) is 37.7. The first-order valence-electron chi connectivity index (χ1n) is 22.8. The summed E-state index contributed by atoms with van der Waals surface area (Å²) in [5.41, 5.74) is 2.08. The molecule has 0 spiro atoms. The molecule has 0 saturated carbocycles. The van der Waals surface area contributed by atoms with Crippen LogP contribution < -0.4 is 0 Å². The number of hydrogen-bond acceptors (Lipinski definition) is 12. The van der Waals surface area contributed by atoms with E-state index in [2.05, 4.69) is 60.9 Å². The van der Waals surface area contributed by atoms with Gasteiger partial charge in [0.25, 0.3) is 0 Å². The molecular weight excluding hydrogens is 773 g/mol. The molecule has 3 N–H and O–H groups in total. The van der Waals surface area contributed by atoms with Crippen LogP contribution in [0.2, 0.25) is 18.1 Å². The Kier molecular flexibility index (Phi) is 14.2.